The van der Waals surface area contributed by atoms with E-state index in [9.17, 15) is 0 Å². The molecule has 1 aromatic heterocycles. The third kappa shape index (κ3) is 5.21. The molecule has 1 rings (SSSR count). The lowest BCUT2D eigenvalue weighted by Crippen LogP contribution is -2.34. The third-order valence-corrected chi connectivity index (χ3v) is 3.34. The van der Waals surface area contributed by atoms with Gasteiger partial charge in [0.15, 0.2) is 0 Å². The predicted octanol–water partition coefficient (Wildman–Crippen LogP) is 3.25. The van der Waals surface area contributed by atoms with E-state index in [-0.39, 0.29) is 0 Å². The molecule has 0 aliphatic carbocycles. The molecule has 0 radical (unpaired) electrons. The zero-order chi connectivity index (χ0) is 13.4. The van der Waals surface area contributed by atoms with Crippen molar-refractivity contribution >= 4 is 0 Å². The van der Waals surface area contributed by atoms with Gasteiger partial charge in [0.2, 0.25) is 0 Å². The fourth-order valence-electron chi connectivity index (χ4n) is 2.21. The van der Waals surface area contributed by atoms with Gasteiger partial charge in [0.05, 0.1) is 6.20 Å². The van der Waals surface area contributed by atoms with Gasteiger partial charge in [0.25, 0.3) is 0 Å². The van der Waals surface area contributed by atoms with Gasteiger partial charge in [-0.15, -0.1) is 0 Å². The lowest BCUT2D eigenvalue weighted by Gasteiger charge is -2.21. The summed E-state index contributed by atoms with van der Waals surface area (Å²) in [6.45, 7) is 11.2. The Morgan fingerprint density at radius 3 is 2.67 bits per heavy atom. The summed E-state index contributed by atoms with van der Waals surface area (Å²) in [6.07, 6.45) is 8.90. The average Bonchev–Trinajstić information content (AvgIpc) is 2.77. The molecule has 1 heterocycles. The molecule has 0 fully saturated rings. The first-order chi connectivity index (χ1) is 8.67. The summed E-state index contributed by atoms with van der Waals surface area (Å²) in [7, 11) is 0. The molecule has 0 saturated carbocycles. The van der Waals surface area contributed by atoms with Gasteiger partial charge in [-0.05, 0) is 43.7 Å². The molecule has 18 heavy (non-hydrogen) atoms. The Hall–Kier alpha value is -0.830. The van der Waals surface area contributed by atoms with Crippen LogP contribution >= 0.6 is 0 Å². The molecule has 0 spiro atoms. The second kappa shape index (κ2) is 8.30. The smallest absolute Gasteiger partial charge is 0.0521 e. The highest BCUT2D eigenvalue weighted by Gasteiger charge is 2.12. The van der Waals surface area contributed by atoms with E-state index in [2.05, 4.69) is 49.0 Å². The minimum Gasteiger partial charge on any atom is -0.314 e. The van der Waals surface area contributed by atoms with Crippen molar-refractivity contribution in [2.45, 2.75) is 66.0 Å². The van der Waals surface area contributed by atoms with Crippen LogP contribution in [-0.4, -0.2) is 22.4 Å². The Morgan fingerprint density at radius 2 is 2.06 bits per heavy atom. The van der Waals surface area contributed by atoms with Crippen LogP contribution in [0.2, 0.25) is 0 Å². The van der Waals surface area contributed by atoms with Gasteiger partial charge in [-0.2, -0.15) is 5.10 Å². The minimum atomic E-state index is 0.625. The Labute approximate surface area is 112 Å². The van der Waals surface area contributed by atoms with Gasteiger partial charge in [-0.1, -0.05) is 27.7 Å². The van der Waals surface area contributed by atoms with E-state index in [1.807, 2.05) is 6.20 Å². The number of aromatic nitrogens is 2. The summed E-state index contributed by atoms with van der Waals surface area (Å²) in [5.74, 6) is 0.697. The summed E-state index contributed by atoms with van der Waals surface area (Å²) in [4.78, 5) is 0. The molecule has 0 saturated heterocycles. The topological polar surface area (TPSA) is 29.9 Å². The molecule has 0 bridgehead atoms. The zero-order valence-electron chi connectivity index (χ0n) is 12.4. The van der Waals surface area contributed by atoms with Gasteiger partial charge in [-0.3, -0.25) is 4.68 Å². The van der Waals surface area contributed by atoms with Crippen molar-refractivity contribution in [1.82, 2.24) is 15.1 Å². The molecule has 0 aromatic carbocycles. The van der Waals surface area contributed by atoms with E-state index in [4.69, 9.17) is 0 Å². The van der Waals surface area contributed by atoms with E-state index in [1.165, 1.54) is 18.4 Å². The summed E-state index contributed by atoms with van der Waals surface area (Å²) in [5, 5.41) is 8.03. The van der Waals surface area contributed by atoms with E-state index in [0.29, 0.717) is 12.0 Å². The maximum Gasteiger partial charge on any atom is 0.0521 e. The molecule has 3 heteroatoms. The van der Waals surface area contributed by atoms with Crippen LogP contribution in [0.15, 0.2) is 12.4 Å². The monoisotopic (exact) mass is 251 g/mol. The Kier molecular flexibility index (Phi) is 7.02. The van der Waals surface area contributed by atoms with Crippen molar-refractivity contribution in [2.75, 3.05) is 6.54 Å². The normalized spacial score (nSPS) is 13.2. The van der Waals surface area contributed by atoms with E-state index >= 15 is 0 Å². The third-order valence-electron chi connectivity index (χ3n) is 3.34. The number of hydrogen-bond acceptors (Lipinski definition) is 2. The number of nitrogens with one attached hydrogen (secondary N) is 1. The highest BCUT2D eigenvalue weighted by molar-refractivity contribution is 5.04. The molecular formula is C15H29N3. The predicted molar refractivity (Wildman–Crippen MR) is 77.8 cm³/mol. The summed E-state index contributed by atoms with van der Waals surface area (Å²) >= 11 is 0. The zero-order valence-corrected chi connectivity index (χ0v) is 12.4. The molecular weight excluding hydrogens is 222 g/mol. The summed E-state index contributed by atoms with van der Waals surface area (Å²) in [6, 6.07) is 0.625. The fourth-order valence-corrected chi connectivity index (χ4v) is 2.21. The quantitative estimate of drug-likeness (QED) is 0.730. The van der Waals surface area contributed by atoms with E-state index < -0.39 is 0 Å². The van der Waals surface area contributed by atoms with Gasteiger partial charge in [0.1, 0.15) is 0 Å². The second-order valence-electron chi connectivity index (χ2n) is 5.45. The second-order valence-corrected chi connectivity index (χ2v) is 5.45. The Morgan fingerprint density at radius 1 is 1.28 bits per heavy atom. The molecule has 1 atom stereocenters. The van der Waals surface area contributed by atoms with Crippen LogP contribution in [0.5, 0.6) is 0 Å². The minimum absolute atomic E-state index is 0.625. The van der Waals surface area contributed by atoms with Crippen molar-refractivity contribution in [3.05, 3.63) is 18.0 Å². The van der Waals surface area contributed by atoms with Crippen LogP contribution < -0.4 is 5.32 Å². The molecule has 0 aliphatic heterocycles. The maximum atomic E-state index is 4.39. The molecule has 1 N–H and O–H groups in total. The number of nitrogens with zero attached hydrogens (tertiary/aromatic N) is 2. The highest BCUT2D eigenvalue weighted by Crippen LogP contribution is 2.11. The molecule has 0 aliphatic rings. The molecule has 1 unspecified atom stereocenters. The molecule has 3 nitrogen and oxygen atoms in total. The molecule has 0 amide bonds. The largest absolute Gasteiger partial charge is 0.314 e. The van der Waals surface area contributed by atoms with Crippen LogP contribution in [0.1, 0.15) is 52.5 Å². The van der Waals surface area contributed by atoms with E-state index in [1.54, 1.807) is 0 Å². The van der Waals surface area contributed by atoms with Gasteiger partial charge in [-0.25, -0.2) is 0 Å². The first kappa shape index (κ1) is 15.2. The van der Waals surface area contributed by atoms with Gasteiger partial charge in [0, 0.05) is 18.8 Å². The first-order valence-electron chi connectivity index (χ1n) is 7.42. The number of rotatable bonds is 9. The van der Waals surface area contributed by atoms with Crippen LogP contribution in [0, 0.1) is 5.92 Å². The summed E-state index contributed by atoms with van der Waals surface area (Å²) < 4.78 is 2.05. The van der Waals surface area contributed by atoms with Crippen LogP contribution in [0.3, 0.4) is 0 Å². The SMILES string of the molecule is CCCNC(CCc1cnn(CCC)c1)C(C)C. The standard InChI is InChI=1S/C15H29N3/c1-5-9-16-15(13(3)4)8-7-14-11-17-18(12-14)10-6-2/h11-13,15-16H,5-10H2,1-4H3. The van der Waals surface area contributed by atoms with Crippen molar-refractivity contribution in [2.24, 2.45) is 5.92 Å². The molecule has 104 valence electrons. The van der Waals surface area contributed by atoms with Crippen LogP contribution in [-0.2, 0) is 13.0 Å². The van der Waals surface area contributed by atoms with Crippen molar-refractivity contribution in [1.29, 1.82) is 0 Å². The molecule has 1 aromatic rings. The lowest BCUT2D eigenvalue weighted by molar-refractivity contribution is 0.378. The maximum absolute atomic E-state index is 4.39. The lowest BCUT2D eigenvalue weighted by atomic mass is 9.97. The summed E-state index contributed by atoms with van der Waals surface area (Å²) in [5.41, 5.74) is 1.37. The Bertz CT molecular complexity index is 317. The van der Waals surface area contributed by atoms with Gasteiger partial charge >= 0.3 is 0 Å². The van der Waals surface area contributed by atoms with Crippen molar-refractivity contribution < 1.29 is 0 Å². The van der Waals surface area contributed by atoms with Crippen molar-refractivity contribution in [3.63, 3.8) is 0 Å². The van der Waals surface area contributed by atoms with Gasteiger partial charge < -0.3 is 5.32 Å². The fraction of sp³-hybridized carbons (Fsp3) is 0.800. The van der Waals surface area contributed by atoms with Crippen molar-refractivity contribution in [3.8, 4) is 0 Å². The first-order valence-corrected chi connectivity index (χ1v) is 7.42. The number of aryl methyl sites for hydroxylation is 2. The number of hydrogen-bond donors (Lipinski definition) is 1. The highest BCUT2D eigenvalue weighted by atomic mass is 15.3. The van der Waals surface area contributed by atoms with Crippen LogP contribution in [0.4, 0.5) is 0 Å². The Balaban J connectivity index is 2.40. The average molecular weight is 251 g/mol. The van der Waals surface area contributed by atoms with Crippen LogP contribution in [0.25, 0.3) is 0 Å². The van der Waals surface area contributed by atoms with E-state index in [0.717, 1.165) is 25.9 Å².